The van der Waals surface area contributed by atoms with Crippen molar-refractivity contribution in [3.05, 3.63) is 75.2 Å². The zero-order valence-corrected chi connectivity index (χ0v) is 18.7. The number of H-pyrrole nitrogens is 1. The SMILES string of the molecule is C[C@H](c1ccc(C(F)(F)F)nc1)n1nc(C#N)c2c(=O)[nH]c([C@H]3CC[C@@H]3c3ncc(C#N)cn3)nc21. The van der Waals surface area contributed by atoms with Crippen LogP contribution >= 0.6 is 0 Å². The third-order valence-electron chi connectivity index (χ3n) is 6.37. The van der Waals surface area contributed by atoms with Gasteiger partial charge in [-0.25, -0.2) is 19.6 Å². The van der Waals surface area contributed by atoms with E-state index in [-0.39, 0.29) is 28.6 Å². The van der Waals surface area contributed by atoms with E-state index in [4.69, 9.17) is 5.26 Å². The normalized spacial score (nSPS) is 18.3. The van der Waals surface area contributed by atoms with Crippen LogP contribution in [0.1, 0.15) is 71.8 Å². The summed E-state index contributed by atoms with van der Waals surface area (Å²) in [5.41, 5.74) is -0.835. The lowest BCUT2D eigenvalue weighted by atomic mass is 9.72. The summed E-state index contributed by atoms with van der Waals surface area (Å²) in [6, 6.07) is 5.33. The molecular formula is C23H16F3N9O. The Morgan fingerprint density at radius 3 is 2.36 bits per heavy atom. The number of hydrogen-bond acceptors (Lipinski definition) is 8. The molecule has 0 saturated heterocycles. The molecule has 5 rings (SSSR count). The highest BCUT2D eigenvalue weighted by Gasteiger charge is 2.38. The predicted molar refractivity (Wildman–Crippen MR) is 117 cm³/mol. The maximum atomic E-state index is 13.0. The van der Waals surface area contributed by atoms with Gasteiger partial charge in [0, 0.05) is 30.4 Å². The van der Waals surface area contributed by atoms with Gasteiger partial charge in [0.2, 0.25) is 0 Å². The van der Waals surface area contributed by atoms with Crippen LogP contribution in [0.4, 0.5) is 13.2 Å². The molecule has 0 aromatic carbocycles. The molecule has 36 heavy (non-hydrogen) atoms. The third kappa shape index (κ3) is 3.84. The summed E-state index contributed by atoms with van der Waals surface area (Å²) in [4.78, 5) is 32.4. The number of alkyl halides is 3. The van der Waals surface area contributed by atoms with Crippen molar-refractivity contribution in [1.29, 1.82) is 10.5 Å². The van der Waals surface area contributed by atoms with E-state index in [1.54, 1.807) is 6.92 Å². The van der Waals surface area contributed by atoms with E-state index < -0.39 is 23.5 Å². The first-order chi connectivity index (χ1) is 17.2. The molecule has 0 spiro atoms. The molecule has 1 aliphatic carbocycles. The Kier molecular flexibility index (Phi) is 5.48. The zero-order valence-electron chi connectivity index (χ0n) is 18.7. The molecular weight excluding hydrogens is 475 g/mol. The van der Waals surface area contributed by atoms with Crippen LogP contribution in [0.2, 0.25) is 0 Å². The fraction of sp³-hybridized carbons (Fsp3) is 0.304. The van der Waals surface area contributed by atoms with Crippen LogP contribution in [0.25, 0.3) is 11.0 Å². The summed E-state index contributed by atoms with van der Waals surface area (Å²) in [6.07, 6.45) is 0.853. The van der Waals surface area contributed by atoms with E-state index in [0.717, 1.165) is 18.7 Å². The van der Waals surface area contributed by atoms with Crippen LogP contribution in [0.5, 0.6) is 0 Å². The van der Waals surface area contributed by atoms with Gasteiger partial charge in [0.1, 0.15) is 34.9 Å². The summed E-state index contributed by atoms with van der Waals surface area (Å²) in [5.74, 6) is 0.581. The molecule has 10 nitrogen and oxygen atoms in total. The van der Waals surface area contributed by atoms with E-state index >= 15 is 0 Å². The number of aromatic amines is 1. The summed E-state index contributed by atoms with van der Waals surface area (Å²) in [7, 11) is 0. The smallest absolute Gasteiger partial charge is 0.310 e. The number of nitrogens with one attached hydrogen (secondary N) is 1. The van der Waals surface area contributed by atoms with Gasteiger partial charge in [0.25, 0.3) is 5.56 Å². The molecule has 0 bridgehead atoms. The van der Waals surface area contributed by atoms with Gasteiger partial charge in [0.15, 0.2) is 11.3 Å². The van der Waals surface area contributed by atoms with Gasteiger partial charge in [-0.05, 0) is 31.4 Å². The van der Waals surface area contributed by atoms with Crippen LogP contribution in [0.3, 0.4) is 0 Å². The molecule has 4 aromatic heterocycles. The second-order valence-electron chi connectivity index (χ2n) is 8.44. The second-order valence-corrected chi connectivity index (χ2v) is 8.44. The summed E-state index contributed by atoms with van der Waals surface area (Å²) in [6.45, 7) is 1.66. The lowest BCUT2D eigenvalue weighted by Gasteiger charge is -2.34. The van der Waals surface area contributed by atoms with Gasteiger partial charge in [0.05, 0.1) is 11.6 Å². The average molecular weight is 491 g/mol. The van der Waals surface area contributed by atoms with Crippen LogP contribution in [-0.2, 0) is 6.18 Å². The fourth-order valence-corrected chi connectivity index (χ4v) is 4.27. The lowest BCUT2D eigenvalue weighted by Crippen LogP contribution is -2.28. The van der Waals surface area contributed by atoms with E-state index in [1.807, 2.05) is 12.1 Å². The van der Waals surface area contributed by atoms with Crippen LogP contribution in [-0.4, -0.2) is 34.7 Å². The Bertz CT molecular complexity index is 1590. The summed E-state index contributed by atoms with van der Waals surface area (Å²) < 4.78 is 40.1. The second kappa shape index (κ2) is 8.53. The molecule has 1 N–H and O–H groups in total. The number of hydrogen-bond donors (Lipinski definition) is 1. The number of pyridine rings is 1. The van der Waals surface area contributed by atoms with Gasteiger partial charge in [-0.3, -0.25) is 9.78 Å². The van der Waals surface area contributed by atoms with Crippen molar-refractivity contribution < 1.29 is 13.2 Å². The Morgan fingerprint density at radius 1 is 1.08 bits per heavy atom. The van der Waals surface area contributed by atoms with Crippen molar-refractivity contribution in [3.63, 3.8) is 0 Å². The molecule has 13 heteroatoms. The molecule has 4 heterocycles. The molecule has 1 fully saturated rings. The average Bonchev–Trinajstić information content (AvgIpc) is 3.22. The van der Waals surface area contributed by atoms with E-state index in [2.05, 4.69) is 30.0 Å². The van der Waals surface area contributed by atoms with Crippen molar-refractivity contribution in [2.24, 2.45) is 0 Å². The molecule has 0 unspecified atom stereocenters. The van der Waals surface area contributed by atoms with E-state index in [1.165, 1.54) is 23.1 Å². The number of rotatable bonds is 4. The van der Waals surface area contributed by atoms with Crippen molar-refractivity contribution in [2.45, 2.75) is 43.8 Å². The molecule has 4 aromatic rings. The molecule has 0 radical (unpaired) electrons. The monoisotopic (exact) mass is 491 g/mol. The van der Waals surface area contributed by atoms with Crippen LogP contribution < -0.4 is 5.56 Å². The minimum atomic E-state index is -4.57. The number of nitrogens with zero attached hydrogens (tertiary/aromatic N) is 8. The van der Waals surface area contributed by atoms with Gasteiger partial charge in [-0.2, -0.15) is 28.8 Å². The largest absolute Gasteiger partial charge is 0.433 e. The topological polar surface area (TPSA) is 150 Å². The van der Waals surface area contributed by atoms with E-state index in [9.17, 15) is 23.2 Å². The predicted octanol–water partition coefficient (Wildman–Crippen LogP) is 3.34. The van der Waals surface area contributed by atoms with Crippen molar-refractivity contribution in [3.8, 4) is 12.1 Å². The standard InChI is InChI=1S/C23H16F3N9O/c1-11(13-2-5-17(29-10-13)23(24,25)26)35-21-18(16(7-28)34-35)22(36)33-20(32-21)15-4-3-14(15)19-30-8-12(6-27)9-31-19/h2,5,8-11,14-15H,3-4H2,1H3,(H,32,33,36)/t11-,14+,15+/m1/s1. The number of fused-ring (bicyclic) bond motifs is 1. The lowest BCUT2D eigenvalue weighted by molar-refractivity contribution is -0.141. The third-order valence-corrected chi connectivity index (χ3v) is 6.37. The van der Waals surface area contributed by atoms with Gasteiger partial charge < -0.3 is 4.98 Å². The number of nitriles is 2. The highest BCUT2D eigenvalue weighted by atomic mass is 19.4. The number of aromatic nitrogens is 7. The highest BCUT2D eigenvalue weighted by Crippen LogP contribution is 2.46. The summed E-state index contributed by atoms with van der Waals surface area (Å²) in [5, 5.41) is 22.7. The summed E-state index contributed by atoms with van der Waals surface area (Å²) >= 11 is 0. The highest BCUT2D eigenvalue weighted by molar-refractivity contribution is 5.80. The number of halogens is 3. The maximum Gasteiger partial charge on any atom is 0.433 e. The van der Waals surface area contributed by atoms with Gasteiger partial charge in [-0.15, -0.1) is 0 Å². The van der Waals surface area contributed by atoms with E-state index in [0.29, 0.717) is 29.2 Å². The molecule has 0 aliphatic heterocycles. The fourth-order valence-electron chi connectivity index (χ4n) is 4.27. The first-order valence-corrected chi connectivity index (χ1v) is 10.9. The van der Waals surface area contributed by atoms with Crippen LogP contribution in [0, 0.1) is 22.7 Å². The molecule has 1 saturated carbocycles. The van der Waals surface area contributed by atoms with Gasteiger partial charge in [-0.1, -0.05) is 6.07 Å². The Morgan fingerprint density at radius 2 is 1.81 bits per heavy atom. The molecule has 180 valence electrons. The quantitative estimate of drug-likeness (QED) is 0.457. The van der Waals surface area contributed by atoms with Crippen molar-refractivity contribution in [1.82, 2.24) is 34.7 Å². The van der Waals surface area contributed by atoms with Crippen LogP contribution in [0.15, 0.2) is 35.5 Å². The maximum absolute atomic E-state index is 13.0. The van der Waals surface area contributed by atoms with Gasteiger partial charge >= 0.3 is 6.18 Å². The Hall–Kier alpha value is -4.65. The van der Waals surface area contributed by atoms with Crippen molar-refractivity contribution in [2.75, 3.05) is 0 Å². The minimum absolute atomic E-state index is 0.00142. The Labute approximate surface area is 201 Å². The first kappa shape index (κ1) is 23.1. The zero-order chi connectivity index (χ0) is 25.6. The minimum Gasteiger partial charge on any atom is -0.310 e. The first-order valence-electron chi connectivity index (χ1n) is 10.9. The molecule has 0 amide bonds. The van der Waals surface area contributed by atoms with Crippen molar-refractivity contribution >= 4 is 11.0 Å². The molecule has 1 aliphatic rings. The Balaban J connectivity index is 1.55. The molecule has 3 atom stereocenters.